The second-order valence-electron chi connectivity index (χ2n) is 2.35. The minimum atomic E-state index is -4.84. The van der Waals surface area contributed by atoms with E-state index < -0.39 is 23.9 Å². The van der Waals surface area contributed by atoms with E-state index in [1.54, 1.807) is 0 Å². The van der Waals surface area contributed by atoms with E-state index in [1.807, 2.05) is 0 Å². The lowest BCUT2D eigenvalue weighted by Crippen LogP contribution is -2.13. The molecule has 0 fully saturated rings. The smallest absolute Gasteiger partial charge is 0.251 e. The van der Waals surface area contributed by atoms with E-state index in [4.69, 9.17) is 0 Å². The maximum atomic E-state index is 12.3. The Kier molecular flexibility index (Phi) is 3.28. The minimum absolute atomic E-state index is 0.139. The van der Waals surface area contributed by atoms with Crippen LogP contribution in [0.5, 0.6) is 0 Å². The van der Waals surface area contributed by atoms with Crippen LogP contribution in [0.4, 0.5) is 22.0 Å². The van der Waals surface area contributed by atoms with Gasteiger partial charge >= 0.3 is 6.18 Å². The van der Waals surface area contributed by atoms with E-state index in [0.717, 1.165) is 12.3 Å². The van der Waals surface area contributed by atoms with Gasteiger partial charge in [0.1, 0.15) is 0 Å². The molecule has 0 unspecified atom stereocenters. The van der Waals surface area contributed by atoms with Crippen molar-refractivity contribution in [2.24, 2.45) is 0 Å². The lowest BCUT2D eigenvalue weighted by Gasteiger charge is -2.11. The molecule has 0 saturated carbocycles. The van der Waals surface area contributed by atoms with E-state index >= 15 is 0 Å². The van der Waals surface area contributed by atoms with Crippen LogP contribution in [0.25, 0.3) is 0 Å². The average molecular weight is 323 g/mol. The van der Waals surface area contributed by atoms with Crippen LogP contribution >= 0.6 is 22.6 Å². The number of nitrogens with zero attached hydrogens (tertiary/aromatic N) is 1. The zero-order valence-corrected chi connectivity index (χ0v) is 8.60. The average Bonchev–Trinajstić information content (AvgIpc) is 2.01. The molecule has 0 saturated heterocycles. The van der Waals surface area contributed by atoms with Crippen molar-refractivity contribution in [3.63, 3.8) is 0 Å². The molecule has 0 N–H and O–H groups in total. The number of aromatic nitrogens is 1. The Bertz CT molecular complexity index is 335. The highest BCUT2D eigenvalue weighted by Gasteiger charge is 2.38. The maximum absolute atomic E-state index is 12.3. The zero-order valence-electron chi connectivity index (χ0n) is 6.45. The third kappa shape index (κ3) is 2.31. The molecule has 1 heterocycles. The fourth-order valence-corrected chi connectivity index (χ4v) is 1.53. The molecule has 14 heavy (non-hydrogen) atoms. The summed E-state index contributed by atoms with van der Waals surface area (Å²) < 4.78 is 61.0. The van der Waals surface area contributed by atoms with E-state index in [1.165, 1.54) is 22.6 Å². The van der Waals surface area contributed by atoms with Crippen LogP contribution in [-0.4, -0.2) is 4.98 Å². The molecule has 0 aromatic carbocycles. The van der Waals surface area contributed by atoms with Gasteiger partial charge in [0.2, 0.25) is 0 Å². The summed E-state index contributed by atoms with van der Waals surface area (Å²) >= 11 is 1.42. The molecule has 78 valence electrons. The third-order valence-electron chi connectivity index (χ3n) is 1.42. The maximum Gasteiger partial charge on any atom is 0.433 e. The van der Waals surface area contributed by atoms with Crippen molar-refractivity contribution in [2.45, 2.75) is 12.6 Å². The van der Waals surface area contributed by atoms with Crippen molar-refractivity contribution in [1.29, 1.82) is 0 Å². The molecule has 0 aliphatic heterocycles. The van der Waals surface area contributed by atoms with Crippen LogP contribution in [0.1, 0.15) is 17.7 Å². The second-order valence-corrected chi connectivity index (χ2v) is 3.52. The van der Waals surface area contributed by atoms with E-state index in [9.17, 15) is 22.0 Å². The monoisotopic (exact) mass is 323 g/mol. The Morgan fingerprint density at radius 3 is 2.21 bits per heavy atom. The first-order chi connectivity index (χ1) is 6.34. The topological polar surface area (TPSA) is 12.9 Å². The Morgan fingerprint density at radius 2 is 1.86 bits per heavy atom. The first-order valence-electron chi connectivity index (χ1n) is 3.33. The lowest BCUT2D eigenvalue weighted by molar-refractivity contribution is -0.143. The molecular formula is C7H3F5IN. The highest BCUT2D eigenvalue weighted by atomic mass is 127. The molecular weight excluding hydrogens is 320 g/mol. The SMILES string of the molecule is FC(F)c1c(I)ccnc1C(F)(F)F. The summed E-state index contributed by atoms with van der Waals surface area (Å²) in [4.78, 5) is 2.92. The molecule has 0 bridgehead atoms. The van der Waals surface area contributed by atoms with Gasteiger partial charge < -0.3 is 0 Å². The van der Waals surface area contributed by atoms with Crippen LogP contribution in [0, 0.1) is 3.57 Å². The van der Waals surface area contributed by atoms with Crippen LogP contribution in [0.15, 0.2) is 12.3 Å². The number of halogens is 6. The molecule has 0 amide bonds. The Labute approximate surface area is 89.5 Å². The number of alkyl halides is 5. The lowest BCUT2D eigenvalue weighted by atomic mass is 10.2. The van der Waals surface area contributed by atoms with Crippen LogP contribution < -0.4 is 0 Å². The number of hydrogen-bond acceptors (Lipinski definition) is 1. The van der Waals surface area contributed by atoms with Gasteiger partial charge in [-0.3, -0.25) is 4.98 Å². The molecule has 0 aliphatic carbocycles. The summed E-state index contributed by atoms with van der Waals surface area (Å²) in [7, 11) is 0. The van der Waals surface area contributed by atoms with Crippen molar-refractivity contribution in [3.05, 3.63) is 27.1 Å². The molecule has 7 heteroatoms. The molecule has 0 aliphatic rings. The Balaban J connectivity index is 3.36. The number of rotatable bonds is 1. The second kappa shape index (κ2) is 3.95. The summed E-state index contributed by atoms with van der Waals surface area (Å²) in [5.74, 6) is 0. The normalized spacial score (nSPS) is 12.2. The van der Waals surface area contributed by atoms with Crippen molar-refractivity contribution in [1.82, 2.24) is 4.98 Å². The van der Waals surface area contributed by atoms with Gasteiger partial charge in [-0.15, -0.1) is 0 Å². The summed E-state index contributed by atoms with van der Waals surface area (Å²) in [6, 6.07) is 1.11. The van der Waals surface area contributed by atoms with Crippen molar-refractivity contribution >= 4 is 22.6 Å². The van der Waals surface area contributed by atoms with Gasteiger partial charge in [-0.05, 0) is 28.7 Å². The van der Waals surface area contributed by atoms with Gasteiger partial charge in [0.05, 0.1) is 5.56 Å². The van der Waals surface area contributed by atoms with E-state index in [-0.39, 0.29) is 3.57 Å². The van der Waals surface area contributed by atoms with Gasteiger partial charge in [0.25, 0.3) is 6.43 Å². The highest BCUT2D eigenvalue weighted by molar-refractivity contribution is 14.1. The predicted molar refractivity (Wildman–Crippen MR) is 46.9 cm³/mol. The molecule has 1 aromatic heterocycles. The third-order valence-corrected chi connectivity index (χ3v) is 2.36. The summed E-state index contributed by atoms with van der Waals surface area (Å²) in [5, 5.41) is 0. The molecule has 0 atom stereocenters. The van der Waals surface area contributed by atoms with E-state index in [0.29, 0.717) is 0 Å². The predicted octanol–water partition coefficient (Wildman–Crippen LogP) is 3.64. The van der Waals surface area contributed by atoms with Crippen LogP contribution in [0.3, 0.4) is 0 Å². The standard InChI is InChI=1S/C7H3F5IN/c8-6(9)4-3(13)1-2-14-5(4)7(10,11)12/h1-2,6H. The molecule has 1 nitrogen and oxygen atoms in total. The van der Waals surface area contributed by atoms with Crippen LogP contribution in [0.2, 0.25) is 0 Å². The fourth-order valence-electron chi connectivity index (χ4n) is 0.883. The van der Waals surface area contributed by atoms with Gasteiger partial charge in [0, 0.05) is 9.77 Å². The Hall–Kier alpha value is -0.470. The van der Waals surface area contributed by atoms with Crippen molar-refractivity contribution in [2.75, 3.05) is 0 Å². The number of hydrogen-bond donors (Lipinski definition) is 0. The molecule has 1 aromatic rings. The Morgan fingerprint density at radius 1 is 1.29 bits per heavy atom. The van der Waals surface area contributed by atoms with Gasteiger partial charge in [-0.2, -0.15) is 13.2 Å². The summed E-state index contributed by atoms with van der Waals surface area (Å²) in [5.41, 5.74) is -2.57. The van der Waals surface area contributed by atoms with Crippen molar-refractivity contribution in [3.8, 4) is 0 Å². The first kappa shape index (κ1) is 11.6. The molecule has 1 rings (SSSR count). The number of pyridine rings is 1. The molecule has 0 radical (unpaired) electrons. The van der Waals surface area contributed by atoms with Gasteiger partial charge in [0.15, 0.2) is 5.69 Å². The fraction of sp³-hybridized carbons (Fsp3) is 0.286. The highest BCUT2D eigenvalue weighted by Crippen LogP contribution is 2.36. The van der Waals surface area contributed by atoms with E-state index in [2.05, 4.69) is 4.98 Å². The van der Waals surface area contributed by atoms with Crippen LogP contribution in [-0.2, 0) is 6.18 Å². The van der Waals surface area contributed by atoms with Gasteiger partial charge in [-0.1, -0.05) is 0 Å². The quantitative estimate of drug-likeness (QED) is 0.568. The van der Waals surface area contributed by atoms with Gasteiger partial charge in [-0.25, -0.2) is 8.78 Å². The minimum Gasteiger partial charge on any atom is -0.251 e. The molecule has 0 spiro atoms. The first-order valence-corrected chi connectivity index (χ1v) is 4.41. The summed E-state index contributed by atoms with van der Waals surface area (Å²) in [6.07, 6.45) is -7.16. The summed E-state index contributed by atoms with van der Waals surface area (Å²) in [6.45, 7) is 0. The largest absolute Gasteiger partial charge is 0.433 e. The van der Waals surface area contributed by atoms with Crippen molar-refractivity contribution < 1.29 is 22.0 Å². The zero-order chi connectivity index (χ0) is 10.9.